The van der Waals surface area contributed by atoms with E-state index in [0.717, 1.165) is 21.3 Å². The number of nitrogens with zero attached hydrogens (tertiary/aromatic N) is 3. The van der Waals surface area contributed by atoms with Crippen molar-refractivity contribution in [2.75, 3.05) is 0 Å². The molecule has 2 aromatic carbocycles. The highest BCUT2D eigenvalue weighted by Gasteiger charge is 2.30. The molecule has 1 unspecified atom stereocenters. The number of H-pyrrole nitrogens is 1. The molecule has 1 N–H and O–H groups in total. The van der Waals surface area contributed by atoms with Crippen LogP contribution in [0.15, 0.2) is 65.6 Å². The Hall–Kier alpha value is -3.58. The molecule has 146 valence electrons. The van der Waals surface area contributed by atoms with Gasteiger partial charge in [-0.25, -0.2) is 9.97 Å². The number of pyridine rings is 1. The number of aromatic nitrogens is 4. The summed E-state index contributed by atoms with van der Waals surface area (Å²) in [5.41, 5.74) is 3.57. The first-order valence-corrected chi connectivity index (χ1v) is 10.6. The minimum absolute atomic E-state index is 0.0339. The van der Waals surface area contributed by atoms with Crippen molar-refractivity contribution in [1.82, 2.24) is 19.7 Å². The summed E-state index contributed by atoms with van der Waals surface area (Å²) in [6.45, 7) is 0. The molecular weight excluding hydrogens is 396 g/mol. The molecule has 0 bridgehead atoms. The number of ketones is 1. The molecule has 0 amide bonds. The van der Waals surface area contributed by atoms with Crippen LogP contribution in [0.25, 0.3) is 26.4 Å². The fourth-order valence-electron chi connectivity index (χ4n) is 4.29. The SMILES string of the molecule is O=C1CC(c2ccccc2)Cc2c1cnc1[nH]n(-c3nc4ccccc4s3)c(=O)c21. The van der Waals surface area contributed by atoms with Crippen molar-refractivity contribution in [3.8, 4) is 5.13 Å². The molecule has 6 rings (SSSR count). The summed E-state index contributed by atoms with van der Waals surface area (Å²) in [4.78, 5) is 35.2. The molecule has 0 spiro atoms. The van der Waals surface area contributed by atoms with E-state index in [1.165, 1.54) is 16.0 Å². The number of fused-ring (bicyclic) bond motifs is 4. The number of para-hydroxylation sites is 1. The minimum atomic E-state index is -0.213. The fraction of sp³-hybridized carbons (Fsp3) is 0.130. The Balaban J connectivity index is 1.53. The van der Waals surface area contributed by atoms with E-state index in [1.807, 2.05) is 54.6 Å². The van der Waals surface area contributed by atoms with Crippen LogP contribution in [-0.4, -0.2) is 25.5 Å². The molecule has 3 heterocycles. The fourth-order valence-corrected chi connectivity index (χ4v) is 5.21. The smallest absolute Gasteiger partial charge is 0.283 e. The van der Waals surface area contributed by atoms with Gasteiger partial charge >= 0.3 is 0 Å². The Bertz CT molecular complexity index is 1460. The number of rotatable bonds is 2. The van der Waals surface area contributed by atoms with Crippen molar-refractivity contribution < 1.29 is 4.79 Å². The lowest BCUT2D eigenvalue weighted by Crippen LogP contribution is -2.22. The predicted molar refractivity (Wildman–Crippen MR) is 117 cm³/mol. The topological polar surface area (TPSA) is 80.6 Å². The number of aromatic amines is 1. The molecule has 1 aliphatic carbocycles. The Morgan fingerprint density at radius 1 is 1.00 bits per heavy atom. The molecule has 0 saturated carbocycles. The second kappa shape index (κ2) is 6.47. The van der Waals surface area contributed by atoms with Gasteiger partial charge in [-0.3, -0.25) is 14.7 Å². The van der Waals surface area contributed by atoms with Gasteiger partial charge in [-0.2, -0.15) is 4.68 Å². The first-order chi connectivity index (χ1) is 14.7. The first kappa shape index (κ1) is 17.3. The van der Waals surface area contributed by atoms with Crippen molar-refractivity contribution in [2.45, 2.75) is 18.8 Å². The molecule has 0 fully saturated rings. The van der Waals surface area contributed by atoms with Crippen LogP contribution in [0.1, 0.15) is 33.8 Å². The zero-order chi connectivity index (χ0) is 20.2. The summed E-state index contributed by atoms with van der Waals surface area (Å²) in [6.07, 6.45) is 2.66. The zero-order valence-corrected chi connectivity index (χ0v) is 16.6. The monoisotopic (exact) mass is 412 g/mol. The normalized spacial score (nSPS) is 16.3. The first-order valence-electron chi connectivity index (χ1n) is 9.76. The van der Waals surface area contributed by atoms with Gasteiger partial charge in [-0.15, -0.1) is 0 Å². The second-order valence-corrected chi connectivity index (χ2v) is 8.54. The van der Waals surface area contributed by atoms with Crippen molar-refractivity contribution >= 4 is 38.4 Å². The van der Waals surface area contributed by atoms with E-state index in [-0.39, 0.29) is 17.3 Å². The Labute approximate surface area is 174 Å². The quantitative estimate of drug-likeness (QED) is 0.470. The van der Waals surface area contributed by atoms with Gasteiger partial charge < -0.3 is 0 Å². The van der Waals surface area contributed by atoms with E-state index in [1.54, 1.807) is 6.20 Å². The van der Waals surface area contributed by atoms with E-state index in [0.29, 0.717) is 34.6 Å². The maximum Gasteiger partial charge on any atom is 0.283 e. The van der Waals surface area contributed by atoms with Crippen LogP contribution >= 0.6 is 11.3 Å². The third-order valence-electron chi connectivity index (χ3n) is 5.75. The average molecular weight is 412 g/mol. The number of nitrogens with one attached hydrogen (secondary N) is 1. The van der Waals surface area contributed by atoms with Gasteiger partial charge in [0.25, 0.3) is 5.56 Å². The average Bonchev–Trinajstić information content (AvgIpc) is 3.35. The van der Waals surface area contributed by atoms with Crippen LogP contribution in [0.2, 0.25) is 0 Å². The van der Waals surface area contributed by atoms with Crippen molar-refractivity contribution in [3.63, 3.8) is 0 Å². The number of hydrogen-bond acceptors (Lipinski definition) is 5. The number of benzene rings is 2. The van der Waals surface area contributed by atoms with Gasteiger partial charge in [-0.05, 0) is 35.6 Å². The summed E-state index contributed by atoms with van der Waals surface area (Å²) < 4.78 is 2.45. The number of thiazole rings is 1. The molecule has 1 atom stereocenters. The molecule has 3 aromatic heterocycles. The van der Waals surface area contributed by atoms with Crippen LogP contribution in [0, 0.1) is 0 Å². The van der Waals surface area contributed by atoms with E-state index >= 15 is 0 Å². The van der Waals surface area contributed by atoms with Crippen molar-refractivity contribution in [2.24, 2.45) is 0 Å². The Morgan fingerprint density at radius 3 is 2.63 bits per heavy atom. The lowest BCUT2D eigenvalue weighted by molar-refractivity contribution is 0.0964. The summed E-state index contributed by atoms with van der Waals surface area (Å²) in [5.74, 6) is 0.0913. The van der Waals surface area contributed by atoms with Gasteiger partial charge in [0.2, 0.25) is 5.13 Å². The van der Waals surface area contributed by atoms with Gasteiger partial charge in [0.05, 0.1) is 15.6 Å². The van der Waals surface area contributed by atoms with E-state index in [2.05, 4.69) is 15.1 Å². The number of carbonyl (C=O) groups excluding carboxylic acids is 1. The van der Waals surface area contributed by atoms with Crippen LogP contribution < -0.4 is 5.56 Å². The van der Waals surface area contributed by atoms with Crippen LogP contribution in [0.4, 0.5) is 0 Å². The van der Waals surface area contributed by atoms with Gasteiger partial charge in [0.15, 0.2) is 11.4 Å². The maximum absolute atomic E-state index is 13.4. The van der Waals surface area contributed by atoms with Gasteiger partial charge in [0.1, 0.15) is 0 Å². The highest BCUT2D eigenvalue weighted by molar-refractivity contribution is 7.20. The summed E-state index contributed by atoms with van der Waals surface area (Å²) in [5, 5.41) is 4.14. The predicted octanol–water partition coefficient (Wildman–Crippen LogP) is 4.24. The molecule has 6 nitrogen and oxygen atoms in total. The van der Waals surface area contributed by atoms with Crippen LogP contribution in [0.3, 0.4) is 0 Å². The molecule has 30 heavy (non-hydrogen) atoms. The number of carbonyl (C=O) groups is 1. The molecule has 0 aliphatic heterocycles. The summed E-state index contributed by atoms with van der Waals surface area (Å²) in [6, 6.07) is 17.8. The minimum Gasteiger partial charge on any atom is -0.294 e. The largest absolute Gasteiger partial charge is 0.294 e. The molecule has 7 heteroatoms. The molecular formula is C23H16N4O2S. The lowest BCUT2D eigenvalue weighted by atomic mass is 9.79. The summed E-state index contributed by atoms with van der Waals surface area (Å²) >= 11 is 1.44. The third kappa shape index (κ3) is 2.55. The van der Waals surface area contributed by atoms with Crippen molar-refractivity contribution in [1.29, 1.82) is 0 Å². The second-order valence-electron chi connectivity index (χ2n) is 7.53. The molecule has 0 radical (unpaired) electrons. The maximum atomic E-state index is 13.4. The van der Waals surface area contributed by atoms with Crippen LogP contribution in [0.5, 0.6) is 0 Å². The number of hydrogen-bond donors (Lipinski definition) is 1. The lowest BCUT2D eigenvalue weighted by Gasteiger charge is -2.23. The van der Waals surface area contributed by atoms with Gasteiger partial charge in [-0.1, -0.05) is 53.8 Å². The van der Waals surface area contributed by atoms with Crippen molar-refractivity contribution in [3.05, 3.63) is 87.8 Å². The molecule has 0 saturated heterocycles. The number of Topliss-reactive ketones (excluding diaryl/α,β-unsaturated/α-hetero) is 1. The van der Waals surface area contributed by atoms with E-state index < -0.39 is 0 Å². The summed E-state index contributed by atoms with van der Waals surface area (Å²) in [7, 11) is 0. The highest BCUT2D eigenvalue weighted by atomic mass is 32.1. The van der Waals surface area contributed by atoms with E-state index in [4.69, 9.17) is 0 Å². The van der Waals surface area contributed by atoms with Crippen LogP contribution in [-0.2, 0) is 6.42 Å². The Kier molecular flexibility index (Phi) is 3.73. The molecule has 5 aromatic rings. The van der Waals surface area contributed by atoms with E-state index in [9.17, 15) is 9.59 Å². The van der Waals surface area contributed by atoms with Gasteiger partial charge in [0, 0.05) is 18.2 Å². The highest BCUT2D eigenvalue weighted by Crippen LogP contribution is 2.35. The Morgan fingerprint density at radius 2 is 1.80 bits per heavy atom. The zero-order valence-electron chi connectivity index (χ0n) is 15.8. The molecule has 1 aliphatic rings. The third-order valence-corrected chi connectivity index (χ3v) is 6.77. The standard InChI is InChI=1S/C23H16N4O2S/c28-18-11-14(13-6-2-1-3-7-13)10-15-16(18)12-24-21-20(15)22(29)27(26-21)23-25-17-8-4-5-9-19(17)30-23/h1-9,12,14H,10-11H2,(H,24,26).